The third-order valence-corrected chi connectivity index (χ3v) is 2.04. The predicted molar refractivity (Wildman–Crippen MR) is 55.1 cm³/mol. The van der Waals surface area contributed by atoms with Crippen molar-refractivity contribution in [1.29, 1.82) is 0 Å². The highest BCUT2D eigenvalue weighted by Crippen LogP contribution is 2.00. The van der Waals surface area contributed by atoms with E-state index in [1.54, 1.807) is 0 Å². The van der Waals surface area contributed by atoms with Gasteiger partial charge in [-0.1, -0.05) is 27.2 Å². The molecule has 1 amide bonds. The summed E-state index contributed by atoms with van der Waals surface area (Å²) in [5.74, 6) is 0.207. The van der Waals surface area contributed by atoms with Crippen LogP contribution in [0.4, 0.5) is 4.79 Å². The van der Waals surface area contributed by atoms with E-state index in [9.17, 15) is 4.79 Å². The molecular formula is C10H21NO3. The molecule has 1 atom stereocenters. The Balaban J connectivity index is 3.68. The molecule has 0 aromatic rings. The largest absolute Gasteiger partial charge is 0.450 e. The van der Waals surface area contributed by atoms with Crippen LogP contribution in [-0.4, -0.2) is 30.5 Å². The fourth-order valence-electron chi connectivity index (χ4n) is 0.925. The maximum absolute atomic E-state index is 11.1. The highest BCUT2D eigenvalue weighted by atomic mass is 16.5. The first-order valence-corrected chi connectivity index (χ1v) is 5.16. The Morgan fingerprint density at radius 1 is 1.50 bits per heavy atom. The molecule has 0 unspecified atom stereocenters. The second kappa shape index (κ2) is 7.62. The molecule has 0 radical (unpaired) electrons. The van der Waals surface area contributed by atoms with Gasteiger partial charge in [0.15, 0.2) is 0 Å². The lowest BCUT2D eigenvalue weighted by Gasteiger charge is -2.19. The van der Waals surface area contributed by atoms with E-state index in [1.807, 2.05) is 20.8 Å². The van der Waals surface area contributed by atoms with E-state index >= 15 is 0 Å². The normalized spacial score (nSPS) is 12.6. The molecule has 0 aliphatic heterocycles. The number of unbranched alkanes of at least 4 members (excludes halogenated alkanes) is 1. The third kappa shape index (κ3) is 5.80. The number of aliphatic hydroxyl groups excluding tert-OH is 1. The number of carbonyl (C=O) groups excluding carboxylic acids is 1. The number of amides is 1. The van der Waals surface area contributed by atoms with Crippen LogP contribution < -0.4 is 5.32 Å². The van der Waals surface area contributed by atoms with Gasteiger partial charge in [0.2, 0.25) is 0 Å². The molecule has 0 heterocycles. The van der Waals surface area contributed by atoms with E-state index in [0.717, 1.165) is 12.8 Å². The molecule has 0 spiro atoms. The summed E-state index contributed by atoms with van der Waals surface area (Å²) < 4.78 is 4.90. The number of carbonyl (C=O) groups is 1. The van der Waals surface area contributed by atoms with Crippen molar-refractivity contribution < 1.29 is 14.6 Å². The Morgan fingerprint density at radius 2 is 2.14 bits per heavy atom. The van der Waals surface area contributed by atoms with Gasteiger partial charge < -0.3 is 15.2 Å². The molecule has 0 bridgehead atoms. The molecule has 0 aliphatic carbocycles. The number of aliphatic hydroxyl groups is 1. The van der Waals surface area contributed by atoms with Crippen molar-refractivity contribution >= 4 is 6.09 Å². The zero-order valence-corrected chi connectivity index (χ0v) is 9.25. The van der Waals surface area contributed by atoms with E-state index in [2.05, 4.69) is 5.32 Å². The Bertz CT molecular complexity index is 159. The van der Waals surface area contributed by atoms with Gasteiger partial charge in [-0.2, -0.15) is 0 Å². The van der Waals surface area contributed by atoms with Crippen LogP contribution in [0.3, 0.4) is 0 Å². The summed E-state index contributed by atoms with van der Waals surface area (Å²) in [6, 6.07) is -0.218. The van der Waals surface area contributed by atoms with Gasteiger partial charge in [-0.15, -0.1) is 0 Å². The van der Waals surface area contributed by atoms with Gasteiger partial charge in [-0.3, -0.25) is 0 Å². The van der Waals surface area contributed by atoms with Gasteiger partial charge in [-0.25, -0.2) is 4.79 Å². The molecule has 0 saturated heterocycles. The first-order valence-electron chi connectivity index (χ1n) is 5.16. The minimum Gasteiger partial charge on any atom is -0.450 e. The van der Waals surface area contributed by atoms with Gasteiger partial charge in [0.1, 0.15) is 0 Å². The number of hydrogen-bond donors (Lipinski definition) is 2. The maximum atomic E-state index is 11.1. The molecule has 0 aliphatic rings. The smallest absolute Gasteiger partial charge is 0.407 e. The van der Waals surface area contributed by atoms with Crippen molar-refractivity contribution in [3.05, 3.63) is 0 Å². The summed E-state index contributed by atoms with van der Waals surface area (Å²) >= 11 is 0. The summed E-state index contributed by atoms with van der Waals surface area (Å²) in [5, 5.41) is 11.6. The van der Waals surface area contributed by atoms with E-state index in [0.29, 0.717) is 6.61 Å². The molecule has 14 heavy (non-hydrogen) atoms. The Labute approximate surface area is 85.6 Å². The minimum absolute atomic E-state index is 0.0550. The Hall–Kier alpha value is -0.770. The SMILES string of the molecule is CCCCOC(=O)N[C@@H](CO)C(C)C. The second-order valence-corrected chi connectivity index (χ2v) is 3.67. The van der Waals surface area contributed by atoms with Crippen LogP contribution in [0.15, 0.2) is 0 Å². The summed E-state index contributed by atoms with van der Waals surface area (Å²) in [6.45, 7) is 6.30. The summed E-state index contributed by atoms with van der Waals surface area (Å²) in [7, 11) is 0. The molecule has 84 valence electrons. The molecule has 0 aromatic carbocycles. The number of nitrogens with one attached hydrogen (secondary N) is 1. The number of hydrogen-bond acceptors (Lipinski definition) is 3. The fraction of sp³-hybridized carbons (Fsp3) is 0.900. The van der Waals surface area contributed by atoms with E-state index < -0.39 is 6.09 Å². The lowest BCUT2D eigenvalue weighted by molar-refractivity contribution is 0.127. The lowest BCUT2D eigenvalue weighted by atomic mass is 10.1. The number of alkyl carbamates (subject to hydrolysis) is 1. The molecule has 2 N–H and O–H groups in total. The fourth-order valence-corrected chi connectivity index (χ4v) is 0.925. The van der Waals surface area contributed by atoms with Crippen molar-refractivity contribution in [3.63, 3.8) is 0 Å². The molecule has 4 nitrogen and oxygen atoms in total. The first-order chi connectivity index (χ1) is 6.61. The van der Waals surface area contributed by atoms with Crippen molar-refractivity contribution in [2.24, 2.45) is 5.92 Å². The van der Waals surface area contributed by atoms with Gasteiger partial charge in [0, 0.05) is 0 Å². The zero-order valence-electron chi connectivity index (χ0n) is 9.25. The summed E-state index contributed by atoms with van der Waals surface area (Å²) in [4.78, 5) is 11.1. The lowest BCUT2D eigenvalue weighted by Crippen LogP contribution is -2.41. The van der Waals surface area contributed by atoms with Gasteiger partial charge >= 0.3 is 6.09 Å². The van der Waals surface area contributed by atoms with Crippen molar-refractivity contribution in [3.8, 4) is 0 Å². The topological polar surface area (TPSA) is 58.6 Å². The van der Waals surface area contributed by atoms with E-state index in [1.165, 1.54) is 0 Å². The molecule has 4 heteroatoms. The van der Waals surface area contributed by atoms with Crippen LogP contribution in [0.5, 0.6) is 0 Å². The highest BCUT2D eigenvalue weighted by Gasteiger charge is 2.15. The van der Waals surface area contributed by atoms with Crippen LogP contribution in [-0.2, 0) is 4.74 Å². The van der Waals surface area contributed by atoms with Crippen LogP contribution in [0.1, 0.15) is 33.6 Å². The zero-order chi connectivity index (χ0) is 11.0. The number of rotatable bonds is 6. The van der Waals surface area contributed by atoms with Crippen molar-refractivity contribution in [2.45, 2.75) is 39.7 Å². The monoisotopic (exact) mass is 203 g/mol. The van der Waals surface area contributed by atoms with Crippen LogP contribution in [0.2, 0.25) is 0 Å². The van der Waals surface area contributed by atoms with Gasteiger partial charge in [-0.05, 0) is 12.3 Å². The van der Waals surface area contributed by atoms with Crippen molar-refractivity contribution in [2.75, 3.05) is 13.2 Å². The standard InChI is InChI=1S/C10H21NO3/c1-4-5-6-14-10(13)11-9(7-12)8(2)3/h8-9,12H,4-7H2,1-3H3,(H,11,13)/t9-/m0/s1. The van der Waals surface area contributed by atoms with Crippen LogP contribution in [0.25, 0.3) is 0 Å². The van der Waals surface area contributed by atoms with E-state index in [4.69, 9.17) is 9.84 Å². The van der Waals surface area contributed by atoms with Gasteiger partial charge in [0.25, 0.3) is 0 Å². The minimum atomic E-state index is -0.439. The van der Waals surface area contributed by atoms with Gasteiger partial charge in [0.05, 0.1) is 19.3 Å². The third-order valence-electron chi connectivity index (χ3n) is 2.04. The average Bonchev–Trinajstić information content (AvgIpc) is 2.14. The first kappa shape index (κ1) is 13.2. The summed E-state index contributed by atoms with van der Waals surface area (Å²) in [5.41, 5.74) is 0. The average molecular weight is 203 g/mol. The number of ether oxygens (including phenoxy) is 1. The molecule has 0 fully saturated rings. The predicted octanol–water partition coefficient (Wildman–Crippen LogP) is 1.53. The molecular weight excluding hydrogens is 182 g/mol. The maximum Gasteiger partial charge on any atom is 0.407 e. The molecule has 0 rings (SSSR count). The quantitative estimate of drug-likeness (QED) is 0.644. The highest BCUT2D eigenvalue weighted by molar-refractivity contribution is 5.67. The molecule has 0 aromatic heterocycles. The van der Waals surface area contributed by atoms with Crippen LogP contribution >= 0.6 is 0 Å². The Kier molecular flexibility index (Phi) is 7.20. The molecule has 0 saturated carbocycles. The van der Waals surface area contributed by atoms with Crippen LogP contribution in [0, 0.1) is 5.92 Å². The Morgan fingerprint density at radius 3 is 2.57 bits per heavy atom. The van der Waals surface area contributed by atoms with E-state index in [-0.39, 0.29) is 18.6 Å². The second-order valence-electron chi connectivity index (χ2n) is 3.67. The van der Waals surface area contributed by atoms with Crippen molar-refractivity contribution in [1.82, 2.24) is 5.32 Å². The summed E-state index contributed by atoms with van der Waals surface area (Å²) in [6.07, 6.45) is 1.44.